The monoisotopic (exact) mass is 259 g/mol. The van der Waals surface area contributed by atoms with E-state index >= 15 is 0 Å². The first kappa shape index (κ1) is 12.4. The van der Waals surface area contributed by atoms with Gasteiger partial charge in [-0.3, -0.25) is 0 Å². The van der Waals surface area contributed by atoms with E-state index < -0.39 is 0 Å². The summed E-state index contributed by atoms with van der Waals surface area (Å²) in [5.74, 6) is 1.38. The van der Waals surface area contributed by atoms with E-state index in [1.165, 1.54) is 12.8 Å². The molecular formula is C14H21N5. The Morgan fingerprint density at radius 3 is 3.00 bits per heavy atom. The molecule has 1 saturated heterocycles. The van der Waals surface area contributed by atoms with E-state index in [1.807, 2.05) is 29.6 Å². The molecular weight excluding hydrogens is 238 g/mol. The number of aryl methyl sites for hydroxylation is 1. The van der Waals surface area contributed by atoms with Crippen molar-refractivity contribution < 1.29 is 0 Å². The standard InChI is InChI=1S/C14H21N5/c1-10-5-3-7-13-16-14(17-19(10)13)18-8-4-6-12(9-18)11(2)15/h3,5,7,11-12H,4,6,8-9,15H2,1-2H3. The van der Waals surface area contributed by atoms with Crippen molar-refractivity contribution in [3.8, 4) is 0 Å². The van der Waals surface area contributed by atoms with Crippen molar-refractivity contribution in [1.29, 1.82) is 0 Å². The molecule has 2 aromatic rings. The zero-order valence-corrected chi connectivity index (χ0v) is 11.6. The molecule has 2 atom stereocenters. The molecule has 102 valence electrons. The molecule has 0 aromatic carbocycles. The molecule has 3 heterocycles. The van der Waals surface area contributed by atoms with E-state index in [2.05, 4.69) is 21.9 Å². The summed E-state index contributed by atoms with van der Waals surface area (Å²) < 4.78 is 1.91. The lowest BCUT2D eigenvalue weighted by atomic mass is 9.92. The predicted molar refractivity (Wildman–Crippen MR) is 76.3 cm³/mol. The van der Waals surface area contributed by atoms with E-state index in [1.54, 1.807) is 0 Å². The lowest BCUT2D eigenvalue weighted by Crippen LogP contribution is -2.42. The highest BCUT2D eigenvalue weighted by molar-refractivity contribution is 5.46. The van der Waals surface area contributed by atoms with Gasteiger partial charge >= 0.3 is 0 Å². The Bertz CT molecular complexity index is 574. The zero-order chi connectivity index (χ0) is 13.4. The molecule has 0 bridgehead atoms. The van der Waals surface area contributed by atoms with Gasteiger partial charge in [0.05, 0.1) is 0 Å². The van der Waals surface area contributed by atoms with Crippen molar-refractivity contribution in [2.24, 2.45) is 11.7 Å². The molecule has 2 aromatic heterocycles. The minimum absolute atomic E-state index is 0.238. The van der Waals surface area contributed by atoms with Crippen LogP contribution in [-0.2, 0) is 0 Å². The topological polar surface area (TPSA) is 59.5 Å². The number of piperidine rings is 1. The zero-order valence-electron chi connectivity index (χ0n) is 11.6. The molecule has 19 heavy (non-hydrogen) atoms. The van der Waals surface area contributed by atoms with Crippen LogP contribution in [0.25, 0.3) is 5.65 Å². The lowest BCUT2D eigenvalue weighted by molar-refractivity contribution is 0.362. The summed E-state index contributed by atoms with van der Waals surface area (Å²) in [4.78, 5) is 6.90. The summed E-state index contributed by atoms with van der Waals surface area (Å²) in [7, 11) is 0. The number of nitrogens with zero attached hydrogens (tertiary/aromatic N) is 4. The van der Waals surface area contributed by atoms with Crippen LogP contribution < -0.4 is 10.6 Å². The molecule has 5 heteroatoms. The third-order valence-corrected chi connectivity index (χ3v) is 4.02. The van der Waals surface area contributed by atoms with Crippen LogP contribution in [0.5, 0.6) is 0 Å². The van der Waals surface area contributed by atoms with Crippen molar-refractivity contribution in [1.82, 2.24) is 14.6 Å². The first-order valence-corrected chi connectivity index (χ1v) is 6.98. The van der Waals surface area contributed by atoms with E-state index in [4.69, 9.17) is 5.73 Å². The minimum Gasteiger partial charge on any atom is -0.339 e. The molecule has 1 aliphatic rings. The number of rotatable bonds is 2. The molecule has 1 fully saturated rings. The smallest absolute Gasteiger partial charge is 0.245 e. The Labute approximate surface area is 113 Å². The van der Waals surface area contributed by atoms with Crippen molar-refractivity contribution in [2.75, 3.05) is 18.0 Å². The summed E-state index contributed by atoms with van der Waals surface area (Å²) in [6, 6.07) is 6.30. The molecule has 3 rings (SSSR count). The van der Waals surface area contributed by atoms with Gasteiger partial charge in [-0.2, -0.15) is 4.98 Å². The number of anilines is 1. The van der Waals surface area contributed by atoms with E-state index in [9.17, 15) is 0 Å². The van der Waals surface area contributed by atoms with E-state index in [0.717, 1.165) is 30.4 Å². The highest BCUT2D eigenvalue weighted by atomic mass is 15.4. The Hall–Kier alpha value is -1.62. The average Bonchev–Trinajstić information content (AvgIpc) is 2.84. The van der Waals surface area contributed by atoms with Crippen molar-refractivity contribution in [2.45, 2.75) is 32.7 Å². The molecule has 0 saturated carbocycles. The molecule has 1 aliphatic heterocycles. The lowest BCUT2D eigenvalue weighted by Gasteiger charge is -2.33. The van der Waals surface area contributed by atoms with Gasteiger partial charge in [0.25, 0.3) is 0 Å². The van der Waals surface area contributed by atoms with Crippen molar-refractivity contribution >= 4 is 11.6 Å². The largest absolute Gasteiger partial charge is 0.339 e. The first-order valence-electron chi connectivity index (χ1n) is 6.98. The summed E-state index contributed by atoms with van der Waals surface area (Å²) >= 11 is 0. The van der Waals surface area contributed by atoms with Crippen LogP contribution in [0, 0.1) is 12.8 Å². The third-order valence-electron chi connectivity index (χ3n) is 4.02. The van der Waals surface area contributed by atoms with E-state index in [-0.39, 0.29) is 6.04 Å². The van der Waals surface area contributed by atoms with Crippen LogP contribution in [0.15, 0.2) is 18.2 Å². The van der Waals surface area contributed by atoms with Gasteiger partial charge in [-0.15, -0.1) is 5.10 Å². The second kappa shape index (κ2) is 4.81. The highest BCUT2D eigenvalue weighted by Crippen LogP contribution is 2.22. The number of fused-ring (bicyclic) bond motifs is 1. The molecule has 0 radical (unpaired) electrons. The second-order valence-electron chi connectivity index (χ2n) is 5.56. The summed E-state index contributed by atoms with van der Waals surface area (Å²) in [5, 5.41) is 4.62. The minimum atomic E-state index is 0.238. The first-order chi connectivity index (χ1) is 9.15. The van der Waals surface area contributed by atoms with Crippen LogP contribution in [0.1, 0.15) is 25.5 Å². The molecule has 0 aliphatic carbocycles. The fraction of sp³-hybridized carbons (Fsp3) is 0.571. The van der Waals surface area contributed by atoms with Gasteiger partial charge in [0.15, 0.2) is 5.65 Å². The SMILES string of the molecule is Cc1cccc2nc(N3CCCC(C(C)N)C3)nn12. The van der Waals surface area contributed by atoms with Crippen LogP contribution in [0.3, 0.4) is 0 Å². The second-order valence-corrected chi connectivity index (χ2v) is 5.56. The maximum Gasteiger partial charge on any atom is 0.245 e. The number of hydrogen-bond acceptors (Lipinski definition) is 4. The van der Waals surface area contributed by atoms with Crippen molar-refractivity contribution in [3.05, 3.63) is 23.9 Å². The van der Waals surface area contributed by atoms with Gasteiger partial charge in [0, 0.05) is 24.8 Å². The van der Waals surface area contributed by atoms with Gasteiger partial charge in [0.1, 0.15) is 0 Å². The van der Waals surface area contributed by atoms with Gasteiger partial charge in [-0.05, 0) is 44.7 Å². The summed E-state index contributed by atoms with van der Waals surface area (Å²) in [5.41, 5.74) is 8.06. The Morgan fingerprint density at radius 2 is 2.26 bits per heavy atom. The van der Waals surface area contributed by atoms with Crippen LogP contribution in [0.2, 0.25) is 0 Å². The summed E-state index contributed by atoms with van der Waals surface area (Å²) in [6.07, 6.45) is 2.38. The van der Waals surface area contributed by atoms with Gasteiger partial charge in [-0.1, -0.05) is 6.07 Å². The molecule has 2 N–H and O–H groups in total. The quantitative estimate of drug-likeness (QED) is 0.890. The van der Waals surface area contributed by atoms with Crippen LogP contribution in [-0.4, -0.2) is 33.7 Å². The highest BCUT2D eigenvalue weighted by Gasteiger charge is 2.25. The Kier molecular flexibility index (Phi) is 3.14. The Morgan fingerprint density at radius 1 is 1.42 bits per heavy atom. The van der Waals surface area contributed by atoms with Gasteiger partial charge in [0.2, 0.25) is 5.95 Å². The fourth-order valence-corrected chi connectivity index (χ4v) is 2.78. The fourth-order valence-electron chi connectivity index (χ4n) is 2.78. The van der Waals surface area contributed by atoms with Gasteiger partial charge < -0.3 is 10.6 Å². The third kappa shape index (κ3) is 2.30. The number of pyridine rings is 1. The van der Waals surface area contributed by atoms with E-state index in [0.29, 0.717) is 5.92 Å². The van der Waals surface area contributed by atoms with Crippen LogP contribution in [0.4, 0.5) is 5.95 Å². The normalized spacial score (nSPS) is 21.8. The van der Waals surface area contributed by atoms with Crippen molar-refractivity contribution in [3.63, 3.8) is 0 Å². The molecule has 0 amide bonds. The number of aromatic nitrogens is 3. The Balaban J connectivity index is 1.89. The number of nitrogens with two attached hydrogens (primary N) is 1. The predicted octanol–water partition coefficient (Wildman–Crippen LogP) is 1.60. The summed E-state index contributed by atoms with van der Waals surface area (Å²) in [6.45, 7) is 6.13. The molecule has 5 nitrogen and oxygen atoms in total. The maximum atomic E-state index is 6.03. The maximum absolute atomic E-state index is 6.03. The number of hydrogen-bond donors (Lipinski definition) is 1. The van der Waals surface area contributed by atoms with Crippen LogP contribution >= 0.6 is 0 Å². The van der Waals surface area contributed by atoms with Gasteiger partial charge in [-0.25, -0.2) is 4.52 Å². The average molecular weight is 259 g/mol. The molecule has 0 spiro atoms. The molecule has 2 unspecified atom stereocenters.